The van der Waals surface area contributed by atoms with E-state index in [-0.39, 0.29) is 5.54 Å². The van der Waals surface area contributed by atoms with Gasteiger partial charge in [0, 0.05) is 18.0 Å². The van der Waals surface area contributed by atoms with Crippen molar-refractivity contribution >= 4 is 34.8 Å². The molecule has 0 heterocycles. The van der Waals surface area contributed by atoms with Gasteiger partial charge in [0.25, 0.3) is 0 Å². The summed E-state index contributed by atoms with van der Waals surface area (Å²) in [6, 6.07) is 5.75. The molecule has 106 valence electrons. The van der Waals surface area contributed by atoms with Crippen LogP contribution in [0.15, 0.2) is 18.2 Å². The van der Waals surface area contributed by atoms with Gasteiger partial charge < -0.3 is 5.32 Å². The average Bonchev–Trinajstić information content (AvgIpc) is 2.43. The molecule has 0 atom stereocenters. The lowest BCUT2D eigenvalue weighted by atomic mass is 9.78. The zero-order chi connectivity index (χ0) is 13.9. The minimum absolute atomic E-state index is 0.0553. The Hall–Kier alpha value is 0.0500. The van der Waals surface area contributed by atoms with E-state index in [4.69, 9.17) is 34.8 Å². The van der Waals surface area contributed by atoms with E-state index in [2.05, 4.69) is 12.2 Å². The van der Waals surface area contributed by atoms with Crippen molar-refractivity contribution in [1.29, 1.82) is 0 Å². The molecule has 1 aromatic carbocycles. The molecule has 1 saturated carbocycles. The Morgan fingerprint density at radius 2 is 1.95 bits per heavy atom. The highest BCUT2D eigenvalue weighted by Gasteiger charge is 2.32. The summed E-state index contributed by atoms with van der Waals surface area (Å²) in [5, 5.41) is 4.87. The second kappa shape index (κ2) is 6.67. The second-order valence-electron chi connectivity index (χ2n) is 5.66. The second-order valence-corrected chi connectivity index (χ2v) is 6.72. The predicted molar refractivity (Wildman–Crippen MR) is 84.4 cm³/mol. The molecule has 0 radical (unpaired) electrons. The van der Waals surface area contributed by atoms with Gasteiger partial charge in [-0.25, -0.2) is 0 Å². The van der Waals surface area contributed by atoms with E-state index in [9.17, 15) is 0 Å². The lowest BCUT2D eigenvalue weighted by molar-refractivity contribution is 0.216. The number of benzene rings is 1. The largest absolute Gasteiger partial charge is 0.306 e. The van der Waals surface area contributed by atoms with E-state index in [0.29, 0.717) is 15.9 Å². The summed E-state index contributed by atoms with van der Waals surface area (Å²) in [6.45, 7) is 3.03. The maximum absolute atomic E-state index is 6.22. The van der Waals surface area contributed by atoms with Crippen LogP contribution in [0.1, 0.15) is 38.2 Å². The number of rotatable bonds is 4. The highest BCUT2D eigenvalue weighted by molar-refractivity contribution is 6.42. The highest BCUT2D eigenvalue weighted by Crippen LogP contribution is 2.33. The van der Waals surface area contributed by atoms with Crippen molar-refractivity contribution in [3.63, 3.8) is 0 Å². The van der Waals surface area contributed by atoms with E-state index in [1.54, 1.807) is 0 Å². The molecule has 1 nitrogen and oxygen atoms in total. The summed E-state index contributed by atoms with van der Waals surface area (Å²) in [6.07, 6.45) is 4.75. The molecule has 19 heavy (non-hydrogen) atoms. The van der Waals surface area contributed by atoms with Gasteiger partial charge in [-0.3, -0.25) is 0 Å². The molecule has 1 fully saturated rings. The molecule has 4 heteroatoms. The molecule has 1 N–H and O–H groups in total. The molecular weight excluding hydrogens is 301 g/mol. The first kappa shape index (κ1) is 15.4. The van der Waals surface area contributed by atoms with Gasteiger partial charge in [0.05, 0.1) is 10.0 Å². The van der Waals surface area contributed by atoms with Crippen LogP contribution in [0.5, 0.6) is 0 Å². The van der Waals surface area contributed by atoms with Crippen molar-refractivity contribution in [2.45, 2.75) is 44.7 Å². The molecule has 1 aliphatic rings. The van der Waals surface area contributed by atoms with Crippen LogP contribution in [0.2, 0.25) is 10.0 Å². The van der Waals surface area contributed by atoms with Crippen molar-refractivity contribution in [1.82, 2.24) is 5.32 Å². The fourth-order valence-corrected chi connectivity index (χ4v) is 3.39. The summed E-state index contributed by atoms with van der Waals surface area (Å²) in [4.78, 5) is 0. The fraction of sp³-hybridized carbons (Fsp3) is 0.600. The van der Waals surface area contributed by atoms with Crippen LogP contribution in [0.25, 0.3) is 0 Å². The standard InChI is InChI=1S/C15H20Cl3N/c1-11-5-7-15(10-16,8-6-11)19-9-12-3-2-4-13(17)14(12)18/h2-4,11,19H,5-10H2,1H3. The first-order chi connectivity index (χ1) is 9.06. The van der Waals surface area contributed by atoms with Crippen LogP contribution in [-0.2, 0) is 6.54 Å². The van der Waals surface area contributed by atoms with Crippen molar-refractivity contribution in [3.8, 4) is 0 Å². The Balaban J connectivity index is 2.02. The quantitative estimate of drug-likeness (QED) is 0.745. The summed E-state index contributed by atoms with van der Waals surface area (Å²) in [7, 11) is 0. The van der Waals surface area contributed by atoms with Crippen molar-refractivity contribution in [3.05, 3.63) is 33.8 Å². The Morgan fingerprint density at radius 3 is 2.58 bits per heavy atom. The zero-order valence-corrected chi connectivity index (χ0v) is 13.5. The summed E-state index contributed by atoms with van der Waals surface area (Å²) >= 11 is 18.5. The molecule has 0 aromatic heterocycles. The maximum atomic E-state index is 6.22. The fourth-order valence-electron chi connectivity index (χ4n) is 2.64. The van der Waals surface area contributed by atoms with Crippen molar-refractivity contribution < 1.29 is 0 Å². The van der Waals surface area contributed by atoms with Crippen LogP contribution in [0, 0.1) is 5.92 Å². The topological polar surface area (TPSA) is 12.0 Å². The van der Waals surface area contributed by atoms with Crippen LogP contribution in [0.3, 0.4) is 0 Å². The number of alkyl halides is 1. The Labute approximate surface area is 130 Å². The van der Waals surface area contributed by atoms with Crippen LogP contribution >= 0.6 is 34.8 Å². The number of halogens is 3. The maximum Gasteiger partial charge on any atom is 0.0637 e. The summed E-state index contributed by atoms with van der Waals surface area (Å²) in [5.74, 6) is 1.46. The van der Waals surface area contributed by atoms with Gasteiger partial charge in [0.2, 0.25) is 0 Å². The van der Waals surface area contributed by atoms with E-state index in [1.165, 1.54) is 12.8 Å². The molecular formula is C15H20Cl3N. The van der Waals surface area contributed by atoms with Crippen molar-refractivity contribution in [2.24, 2.45) is 5.92 Å². The Kier molecular flexibility index (Phi) is 5.42. The zero-order valence-electron chi connectivity index (χ0n) is 11.2. The third-order valence-corrected chi connectivity index (χ3v) is 5.54. The molecule has 0 aliphatic heterocycles. The van der Waals surface area contributed by atoms with E-state index >= 15 is 0 Å². The van der Waals surface area contributed by atoms with Crippen LogP contribution < -0.4 is 5.32 Å². The van der Waals surface area contributed by atoms with Gasteiger partial charge >= 0.3 is 0 Å². The number of hydrogen-bond donors (Lipinski definition) is 1. The third-order valence-electron chi connectivity index (χ3n) is 4.17. The number of hydrogen-bond acceptors (Lipinski definition) is 1. The molecule has 2 rings (SSSR count). The molecule has 0 saturated heterocycles. The first-order valence-corrected chi connectivity index (χ1v) is 8.09. The van der Waals surface area contributed by atoms with Gasteiger partial charge in [-0.1, -0.05) is 42.3 Å². The van der Waals surface area contributed by atoms with Gasteiger partial charge in [-0.15, -0.1) is 11.6 Å². The molecule has 0 amide bonds. The molecule has 1 aromatic rings. The Morgan fingerprint density at radius 1 is 1.26 bits per heavy atom. The first-order valence-electron chi connectivity index (χ1n) is 6.80. The van der Waals surface area contributed by atoms with Gasteiger partial charge in [0.15, 0.2) is 0 Å². The average molecular weight is 321 g/mol. The van der Waals surface area contributed by atoms with Gasteiger partial charge in [0.1, 0.15) is 0 Å². The molecule has 1 aliphatic carbocycles. The molecule has 0 unspecified atom stereocenters. The summed E-state index contributed by atoms with van der Waals surface area (Å²) < 4.78 is 0. The van der Waals surface area contributed by atoms with Gasteiger partial charge in [-0.2, -0.15) is 0 Å². The van der Waals surface area contributed by atoms with Crippen LogP contribution in [0.4, 0.5) is 0 Å². The van der Waals surface area contributed by atoms with Crippen molar-refractivity contribution in [2.75, 3.05) is 5.88 Å². The third kappa shape index (κ3) is 3.78. The highest BCUT2D eigenvalue weighted by atomic mass is 35.5. The lowest BCUT2D eigenvalue weighted by Crippen LogP contribution is -2.49. The molecule has 0 spiro atoms. The predicted octanol–water partition coefficient (Wildman–Crippen LogP) is 5.27. The van der Waals surface area contributed by atoms with E-state index in [0.717, 1.165) is 30.9 Å². The van der Waals surface area contributed by atoms with Crippen LogP contribution in [-0.4, -0.2) is 11.4 Å². The smallest absolute Gasteiger partial charge is 0.0637 e. The minimum atomic E-state index is 0.0553. The SMILES string of the molecule is CC1CCC(CCl)(NCc2cccc(Cl)c2Cl)CC1. The lowest BCUT2D eigenvalue weighted by Gasteiger charge is -2.39. The minimum Gasteiger partial charge on any atom is -0.306 e. The Bertz CT molecular complexity index is 425. The van der Waals surface area contributed by atoms with Gasteiger partial charge in [-0.05, 0) is 43.2 Å². The number of nitrogens with one attached hydrogen (secondary N) is 1. The monoisotopic (exact) mass is 319 g/mol. The normalized spacial score (nSPS) is 27.5. The summed E-state index contributed by atoms with van der Waals surface area (Å²) in [5.41, 5.74) is 1.09. The van der Waals surface area contributed by atoms with E-state index < -0.39 is 0 Å². The molecule has 0 bridgehead atoms. The van der Waals surface area contributed by atoms with E-state index in [1.807, 2.05) is 18.2 Å².